The fraction of sp³-hybridized carbons (Fsp3) is 0.569. The van der Waals surface area contributed by atoms with Gasteiger partial charge in [-0.05, 0) is 193 Å². The lowest BCUT2D eigenvalue weighted by molar-refractivity contribution is 0.0380. The van der Waals surface area contributed by atoms with Gasteiger partial charge in [-0.25, -0.2) is 40.7 Å². The summed E-state index contributed by atoms with van der Waals surface area (Å²) in [5.74, 6) is 1.59. The van der Waals surface area contributed by atoms with Crippen molar-refractivity contribution < 1.29 is 54.8 Å². The van der Waals surface area contributed by atoms with E-state index < -0.39 is 26.2 Å². The maximum Gasteiger partial charge on any atom is 0.314 e. The quantitative estimate of drug-likeness (QED) is 0.0191. The molecule has 1 saturated heterocycles. The van der Waals surface area contributed by atoms with Gasteiger partial charge in [-0.2, -0.15) is 5.26 Å². The Morgan fingerprint density at radius 1 is 0.620 bits per heavy atom. The summed E-state index contributed by atoms with van der Waals surface area (Å²) in [6, 6.07) is 22.4. The van der Waals surface area contributed by atoms with Crippen LogP contribution < -0.4 is 40.2 Å². The second-order valence-corrected chi connectivity index (χ2v) is 28.4. The number of rotatable bonds is 35. The lowest BCUT2D eigenvalue weighted by atomic mass is 9.75. The molecule has 1 unspecified atom stereocenters. The van der Waals surface area contributed by atoms with Gasteiger partial charge in [-0.15, -0.1) is 0 Å². The van der Waals surface area contributed by atoms with Gasteiger partial charge in [0, 0.05) is 73.9 Å². The van der Waals surface area contributed by atoms with Crippen molar-refractivity contribution in [3.8, 4) is 17.6 Å². The second-order valence-electron chi connectivity index (χ2n) is 24.0. The van der Waals surface area contributed by atoms with E-state index in [9.17, 15) is 31.7 Å². The highest BCUT2D eigenvalue weighted by molar-refractivity contribution is 7.89. The molecular weight excluding hydrogens is 1260 g/mol. The molecular formula is C65H89Cl2N11O12S2. The molecule has 3 aliphatic carbocycles. The van der Waals surface area contributed by atoms with Crippen LogP contribution in [0.1, 0.15) is 91.4 Å². The largest absolute Gasteiger partial charge is 0.485 e. The van der Waals surface area contributed by atoms with Gasteiger partial charge in [0.25, 0.3) is 0 Å². The van der Waals surface area contributed by atoms with Crippen molar-refractivity contribution in [3.05, 3.63) is 122 Å². The normalized spacial score (nSPS) is 20.7. The molecule has 4 aromatic carbocycles. The van der Waals surface area contributed by atoms with Gasteiger partial charge < -0.3 is 59.5 Å². The Morgan fingerprint density at radius 3 is 1.63 bits per heavy atom. The van der Waals surface area contributed by atoms with Crippen LogP contribution >= 0.6 is 23.2 Å². The van der Waals surface area contributed by atoms with Crippen LogP contribution in [0.3, 0.4) is 0 Å². The maximum absolute atomic E-state index is 13.1. The third-order valence-corrected chi connectivity index (χ3v) is 20.8. The summed E-state index contributed by atoms with van der Waals surface area (Å²) in [5, 5.41) is 21.9. The van der Waals surface area contributed by atoms with Crippen LogP contribution in [-0.2, 0) is 51.8 Å². The number of sulfonamides is 2. The van der Waals surface area contributed by atoms with E-state index in [1.54, 1.807) is 36.4 Å². The van der Waals surface area contributed by atoms with E-state index in [0.717, 1.165) is 80.3 Å². The molecule has 8 rings (SSSR count). The molecule has 4 aromatic rings. The number of ether oxygens (including phenoxy) is 6. The van der Waals surface area contributed by atoms with Crippen LogP contribution in [0.25, 0.3) is 4.85 Å². The fourth-order valence-electron chi connectivity index (χ4n) is 12.6. The number of nitriles is 1. The van der Waals surface area contributed by atoms with Crippen molar-refractivity contribution in [1.29, 1.82) is 5.26 Å². The average Bonchev–Trinajstić information content (AvgIpc) is 1.62. The highest BCUT2D eigenvalue weighted by Gasteiger charge is 2.44. The number of likely N-dealkylation sites (tertiary alicyclic amines) is 1. The zero-order valence-corrected chi connectivity index (χ0v) is 56.2. The van der Waals surface area contributed by atoms with Crippen molar-refractivity contribution in [2.45, 2.75) is 104 Å². The van der Waals surface area contributed by atoms with Crippen LogP contribution in [0.2, 0.25) is 10.0 Å². The predicted octanol–water partition coefficient (Wildman–Crippen LogP) is 7.60. The topological polar surface area (TPSA) is 268 Å². The third-order valence-electron chi connectivity index (χ3n) is 17.4. The molecule has 27 heteroatoms. The van der Waals surface area contributed by atoms with Crippen molar-refractivity contribution in [3.63, 3.8) is 0 Å². The average molecular weight is 1350 g/mol. The molecule has 502 valence electrons. The first-order valence-corrected chi connectivity index (χ1v) is 35.4. The monoisotopic (exact) mass is 1350 g/mol. The van der Waals surface area contributed by atoms with Crippen molar-refractivity contribution in [2.24, 2.45) is 11.8 Å². The molecule has 92 heavy (non-hydrogen) atoms. The summed E-state index contributed by atoms with van der Waals surface area (Å²) in [6.07, 6.45) is 8.52. The number of urea groups is 2. The number of hydrogen-bond acceptors (Lipinski definition) is 16. The summed E-state index contributed by atoms with van der Waals surface area (Å²) < 4.78 is 93.1. The summed E-state index contributed by atoms with van der Waals surface area (Å²) in [7, 11) is 0.774. The van der Waals surface area contributed by atoms with Crippen molar-refractivity contribution in [1.82, 2.24) is 45.4 Å². The highest BCUT2D eigenvalue weighted by atomic mass is 35.5. The van der Waals surface area contributed by atoms with E-state index in [1.807, 2.05) is 12.1 Å². The number of nitrogens with zero attached hydrogens (tertiary/aromatic N) is 5. The predicted molar refractivity (Wildman–Crippen MR) is 352 cm³/mol. The molecule has 0 aromatic heterocycles. The lowest BCUT2D eigenvalue weighted by Crippen LogP contribution is -2.51. The first-order chi connectivity index (χ1) is 44.3. The number of piperidine rings is 1. The molecule has 2 fully saturated rings. The van der Waals surface area contributed by atoms with Gasteiger partial charge in [0.1, 0.15) is 23.7 Å². The minimum absolute atomic E-state index is 0.0106. The van der Waals surface area contributed by atoms with Crippen molar-refractivity contribution >= 4 is 61.0 Å². The molecule has 4 amide bonds. The van der Waals surface area contributed by atoms with Gasteiger partial charge in [-0.1, -0.05) is 29.6 Å². The summed E-state index contributed by atoms with van der Waals surface area (Å²) in [6.45, 7) is 12.8. The Bertz CT molecular complexity index is 3160. The molecule has 23 nitrogen and oxygen atoms in total. The van der Waals surface area contributed by atoms with E-state index in [2.05, 4.69) is 84.5 Å². The molecule has 4 aliphatic rings. The van der Waals surface area contributed by atoms with Gasteiger partial charge in [-0.3, -0.25) is 4.90 Å². The minimum atomic E-state index is -3.83. The number of hydrogen-bond donors (Lipinski definition) is 6. The number of likely N-dealkylation sites (N-methyl/N-ethyl adjacent to an activating group) is 1. The highest BCUT2D eigenvalue weighted by Crippen LogP contribution is 2.49. The Morgan fingerprint density at radius 2 is 1.11 bits per heavy atom. The van der Waals surface area contributed by atoms with Crippen LogP contribution in [0.4, 0.5) is 15.3 Å². The number of halogens is 2. The third kappa shape index (κ3) is 20.8. The lowest BCUT2D eigenvalue weighted by Gasteiger charge is -2.41. The first kappa shape index (κ1) is 72.0. The van der Waals surface area contributed by atoms with E-state index in [-0.39, 0.29) is 119 Å². The molecule has 1 saturated carbocycles. The Balaban J connectivity index is 0.594. The zero-order valence-electron chi connectivity index (χ0n) is 53.1. The Labute approximate surface area is 552 Å². The van der Waals surface area contributed by atoms with Crippen LogP contribution in [-0.4, -0.2) is 195 Å². The van der Waals surface area contributed by atoms with E-state index >= 15 is 0 Å². The number of carbonyl (C=O) groups is 2. The number of benzene rings is 4. The smallest absolute Gasteiger partial charge is 0.314 e. The molecule has 0 bridgehead atoms. The SMILES string of the molecule is [C-]#[N+]c1cc(Cl)cc2c1C[C@H](N1CCC[C@@H](N(C)C)C1)[C@H]2Oc1ccc(S(=O)(=O)NCCOCCOCCNC(=O)NCCCCNC(=O)NCCOCCOCCNS(=O)(=O)c2ccc(O[C@H]3c4cc(Cl)cc(C#N)c4CC3[C@@H]3CCC[C@@H](N(C)C)C3)cc2)cc1. The number of carbonyl (C=O) groups excluding carboxylic acids is 2. The van der Waals surface area contributed by atoms with Crippen LogP contribution in [0, 0.1) is 29.7 Å². The molecule has 0 radical (unpaired) electrons. The number of nitrogens with one attached hydrogen (secondary N) is 6. The number of fused-ring (bicyclic) bond motifs is 2. The summed E-state index contributed by atoms with van der Waals surface area (Å²) >= 11 is 13.0. The van der Waals surface area contributed by atoms with E-state index in [4.69, 9.17) is 58.2 Å². The fourth-order valence-corrected chi connectivity index (χ4v) is 15.1. The van der Waals surface area contributed by atoms with E-state index in [0.29, 0.717) is 83.1 Å². The minimum Gasteiger partial charge on any atom is -0.485 e. The molecule has 7 atom stereocenters. The molecule has 6 N–H and O–H groups in total. The number of unbranched alkanes of at least 4 members (excludes halogenated alkanes) is 1. The van der Waals surface area contributed by atoms with Gasteiger partial charge in [0.05, 0.1) is 86.9 Å². The first-order valence-electron chi connectivity index (χ1n) is 31.7. The maximum atomic E-state index is 13.1. The molecule has 1 heterocycles. The molecule has 1 aliphatic heterocycles. The van der Waals surface area contributed by atoms with Gasteiger partial charge in [0.2, 0.25) is 20.0 Å². The van der Waals surface area contributed by atoms with Crippen LogP contribution in [0.5, 0.6) is 11.5 Å². The Kier molecular flexibility index (Phi) is 27.8. The number of amides is 4. The summed E-state index contributed by atoms with van der Waals surface area (Å²) in [5.41, 5.74) is 4.83. The standard InChI is InChI=1S/C65H89Cl2N11O12S2/c1-69-60-40-48(67)39-59-57(60)42-61(78-27-9-12-50(44-78)77(4)5)63(59)90-52-15-19-54(20-16-52)92(83,84)75-26-31-88-35-33-86-29-24-73-65(80)71-22-7-6-21-70-64(79)72-23-28-85-32-34-87-30-25-74-91(81,82)53-17-13-51(14-18-53)89-62-56(45-10-8-11-49(37-45)76(2)3)41-55-46(43-68)36-47(66)38-58(55)62/h13-20,36,38-40,45,49-50,56,61-63,74-75H,6-12,21-35,37,41-42,44H2,2-5H3,(H2,70,72,79)(H2,71,73,80)/t45-,49-,50-,56?,61+,62-,63+/m1/s1. The van der Waals surface area contributed by atoms with Gasteiger partial charge in [0.15, 0.2) is 5.69 Å². The second kappa shape index (κ2) is 35.6. The zero-order chi connectivity index (χ0) is 65.6. The van der Waals surface area contributed by atoms with Crippen molar-refractivity contribution in [2.75, 3.05) is 133 Å². The molecule has 0 spiro atoms. The Hall–Kier alpha value is -5.88. The van der Waals surface area contributed by atoms with Crippen LogP contribution in [0.15, 0.2) is 82.6 Å². The van der Waals surface area contributed by atoms with Gasteiger partial charge >= 0.3 is 12.1 Å². The van der Waals surface area contributed by atoms with E-state index in [1.165, 1.54) is 24.3 Å². The summed E-state index contributed by atoms with van der Waals surface area (Å²) in [4.78, 5) is 35.3.